The molecular weight excluding hydrogens is 299 g/mol. The first kappa shape index (κ1) is 14.8. The minimum atomic E-state index is -0.619. The number of hydrogen-bond acceptors (Lipinski definition) is 3. The monoisotopic (exact) mass is 312 g/mol. The Labute approximate surface area is 131 Å². The number of amides is 2. The molecule has 0 atom stereocenters. The fraction of sp³-hybridized carbons (Fsp3) is 0.0588. The van der Waals surface area contributed by atoms with Gasteiger partial charge in [0.1, 0.15) is 11.4 Å². The molecule has 23 heavy (non-hydrogen) atoms. The van der Waals surface area contributed by atoms with E-state index in [-0.39, 0.29) is 11.3 Å². The first-order valence-corrected chi connectivity index (χ1v) is 6.90. The van der Waals surface area contributed by atoms with Crippen molar-refractivity contribution in [3.63, 3.8) is 0 Å². The molecular formula is C17H13FN2O3. The summed E-state index contributed by atoms with van der Waals surface area (Å²) in [6.07, 6.45) is 0. The average molecular weight is 312 g/mol. The van der Waals surface area contributed by atoms with E-state index in [0.717, 1.165) is 11.5 Å². The van der Waals surface area contributed by atoms with Crippen LogP contribution in [0.4, 0.5) is 4.39 Å². The Morgan fingerprint density at radius 1 is 1.00 bits per heavy atom. The molecule has 0 saturated carbocycles. The second-order valence-electron chi connectivity index (χ2n) is 4.97. The molecule has 0 spiro atoms. The van der Waals surface area contributed by atoms with Gasteiger partial charge < -0.3 is 4.42 Å². The molecule has 1 aromatic heterocycles. The van der Waals surface area contributed by atoms with Crippen LogP contribution in [0.25, 0.3) is 11.0 Å². The number of carbonyl (C=O) groups is 2. The number of para-hydroxylation sites is 1. The molecule has 2 aromatic carbocycles. The van der Waals surface area contributed by atoms with Gasteiger partial charge in [-0.05, 0) is 31.2 Å². The molecule has 0 saturated heterocycles. The zero-order chi connectivity index (χ0) is 16.4. The molecule has 2 N–H and O–H groups in total. The molecule has 0 radical (unpaired) electrons. The van der Waals surface area contributed by atoms with Crippen LogP contribution in [0, 0.1) is 12.7 Å². The van der Waals surface area contributed by atoms with E-state index >= 15 is 0 Å². The van der Waals surface area contributed by atoms with Crippen LogP contribution in [-0.4, -0.2) is 11.8 Å². The van der Waals surface area contributed by atoms with Crippen molar-refractivity contribution >= 4 is 22.8 Å². The number of halogens is 1. The molecule has 3 rings (SSSR count). The first-order chi connectivity index (χ1) is 11.1. The maximum Gasteiger partial charge on any atom is 0.305 e. The van der Waals surface area contributed by atoms with Crippen molar-refractivity contribution in [1.29, 1.82) is 0 Å². The van der Waals surface area contributed by atoms with Gasteiger partial charge in [-0.25, -0.2) is 4.39 Å². The molecule has 0 fully saturated rings. The Morgan fingerprint density at radius 3 is 2.48 bits per heavy atom. The van der Waals surface area contributed by atoms with E-state index in [0.29, 0.717) is 11.1 Å². The predicted octanol–water partition coefficient (Wildman–Crippen LogP) is 2.96. The van der Waals surface area contributed by atoms with Crippen LogP contribution in [-0.2, 0) is 0 Å². The van der Waals surface area contributed by atoms with Crippen molar-refractivity contribution < 1.29 is 18.4 Å². The minimum Gasteiger partial charge on any atom is -0.451 e. The van der Waals surface area contributed by atoms with Crippen molar-refractivity contribution in [2.75, 3.05) is 0 Å². The summed E-state index contributed by atoms with van der Waals surface area (Å²) in [5.74, 6) is -1.61. The van der Waals surface area contributed by atoms with Crippen LogP contribution in [0.3, 0.4) is 0 Å². The van der Waals surface area contributed by atoms with Crippen LogP contribution >= 0.6 is 0 Å². The fourth-order valence-corrected chi connectivity index (χ4v) is 2.26. The van der Waals surface area contributed by atoms with Gasteiger partial charge in [0.2, 0.25) is 0 Å². The van der Waals surface area contributed by atoms with Gasteiger partial charge in [0.25, 0.3) is 5.91 Å². The topological polar surface area (TPSA) is 71.3 Å². The SMILES string of the molecule is Cc1c(C(=O)NNC(=O)c2cccc(F)c2)oc2ccccc12. The van der Waals surface area contributed by atoms with Gasteiger partial charge in [0.05, 0.1) is 0 Å². The van der Waals surface area contributed by atoms with E-state index < -0.39 is 17.6 Å². The van der Waals surface area contributed by atoms with Crippen molar-refractivity contribution in [2.24, 2.45) is 0 Å². The number of aryl methyl sites for hydroxylation is 1. The standard InChI is InChI=1S/C17H13FN2O3/c1-10-13-7-2-3-8-14(13)23-15(10)17(22)20-19-16(21)11-5-4-6-12(18)9-11/h2-9H,1H3,(H,19,21)(H,20,22). The third-order valence-corrected chi connectivity index (χ3v) is 3.43. The van der Waals surface area contributed by atoms with Gasteiger partial charge in [0, 0.05) is 16.5 Å². The second-order valence-corrected chi connectivity index (χ2v) is 4.97. The first-order valence-electron chi connectivity index (χ1n) is 6.90. The zero-order valence-corrected chi connectivity index (χ0v) is 12.2. The van der Waals surface area contributed by atoms with Crippen molar-refractivity contribution in [2.45, 2.75) is 6.92 Å². The maximum absolute atomic E-state index is 13.1. The Kier molecular flexibility index (Phi) is 3.80. The third-order valence-electron chi connectivity index (χ3n) is 3.43. The summed E-state index contributed by atoms with van der Waals surface area (Å²) in [6, 6.07) is 12.4. The fourth-order valence-electron chi connectivity index (χ4n) is 2.26. The lowest BCUT2D eigenvalue weighted by Gasteiger charge is -2.06. The smallest absolute Gasteiger partial charge is 0.305 e. The van der Waals surface area contributed by atoms with Crippen LogP contribution in [0.2, 0.25) is 0 Å². The summed E-state index contributed by atoms with van der Waals surface area (Å²) in [5.41, 5.74) is 5.87. The van der Waals surface area contributed by atoms with E-state index in [9.17, 15) is 14.0 Å². The Morgan fingerprint density at radius 2 is 1.74 bits per heavy atom. The lowest BCUT2D eigenvalue weighted by Crippen LogP contribution is -2.41. The normalized spacial score (nSPS) is 10.5. The Balaban J connectivity index is 1.74. The van der Waals surface area contributed by atoms with Gasteiger partial charge in [-0.1, -0.05) is 24.3 Å². The van der Waals surface area contributed by atoms with E-state index in [1.54, 1.807) is 19.1 Å². The number of rotatable bonds is 2. The molecule has 1 heterocycles. The highest BCUT2D eigenvalue weighted by molar-refractivity contribution is 6.01. The maximum atomic E-state index is 13.1. The number of benzene rings is 2. The van der Waals surface area contributed by atoms with Gasteiger partial charge >= 0.3 is 5.91 Å². The minimum absolute atomic E-state index is 0.103. The number of fused-ring (bicyclic) bond motifs is 1. The summed E-state index contributed by atoms with van der Waals surface area (Å²) in [7, 11) is 0. The summed E-state index contributed by atoms with van der Waals surface area (Å²) < 4.78 is 18.6. The molecule has 5 nitrogen and oxygen atoms in total. The number of carbonyl (C=O) groups excluding carboxylic acids is 2. The molecule has 0 aliphatic heterocycles. The number of nitrogens with one attached hydrogen (secondary N) is 2. The average Bonchev–Trinajstić information content (AvgIpc) is 2.90. The molecule has 6 heteroatoms. The second kappa shape index (κ2) is 5.92. The molecule has 2 amide bonds. The largest absolute Gasteiger partial charge is 0.451 e. The van der Waals surface area contributed by atoms with Crippen LogP contribution in [0.5, 0.6) is 0 Å². The van der Waals surface area contributed by atoms with Crippen molar-refractivity contribution in [3.8, 4) is 0 Å². The Bertz CT molecular complexity index is 902. The number of furan rings is 1. The van der Waals surface area contributed by atoms with Crippen molar-refractivity contribution in [3.05, 3.63) is 71.2 Å². The van der Waals surface area contributed by atoms with Gasteiger partial charge in [-0.2, -0.15) is 0 Å². The lowest BCUT2D eigenvalue weighted by atomic mass is 10.1. The summed E-state index contributed by atoms with van der Waals surface area (Å²) in [5, 5.41) is 0.828. The highest BCUT2D eigenvalue weighted by Crippen LogP contribution is 2.24. The van der Waals surface area contributed by atoms with Crippen LogP contribution < -0.4 is 10.9 Å². The molecule has 3 aromatic rings. The van der Waals surface area contributed by atoms with Crippen LogP contribution in [0.15, 0.2) is 52.9 Å². The summed E-state index contributed by atoms with van der Waals surface area (Å²) in [4.78, 5) is 24.0. The van der Waals surface area contributed by atoms with E-state index in [4.69, 9.17) is 4.42 Å². The molecule has 0 bridgehead atoms. The number of hydrazine groups is 1. The summed E-state index contributed by atoms with van der Waals surface area (Å²) >= 11 is 0. The van der Waals surface area contributed by atoms with E-state index in [1.165, 1.54) is 18.2 Å². The predicted molar refractivity (Wildman–Crippen MR) is 82.3 cm³/mol. The van der Waals surface area contributed by atoms with Gasteiger partial charge in [0.15, 0.2) is 5.76 Å². The highest BCUT2D eigenvalue weighted by atomic mass is 19.1. The summed E-state index contributed by atoms with van der Waals surface area (Å²) in [6.45, 7) is 1.76. The zero-order valence-electron chi connectivity index (χ0n) is 12.2. The van der Waals surface area contributed by atoms with Gasteiger partial charge in [-0.3, -0.25) is 20.4 Å². The molecule has 0 aliphatic carbocycles. The van der Waals surface area contributed by atoms with Gasteiger partial charge in [-0.15, -0.1) is 0 Å². The van der Waals surface area contributed by atoms with E-state index in [1.807, 2.05) is 12.1 Å². The van der Waals surface area contributed by atoms with E-state index in [2.05, 4.69) is 10.9 Å². The quantitative estimate of drug-likeness (QED) is 0.715. The molecule has 0 aliphatic rings. The van der Waals surface area contributed by atoms with Crippen LogP contribution in [0.1, 0.15) is 26.5 Å². The lowest BCUT2D eigenvalue weighted by molar-refractivity contribution is 0.0831. The number of hydrogen-bond donors (Lipinski definition) is 2. The molecule has 0 unspecified atom stereocenters. The van der Waals surface area contributed by atoms with Crippen molar-refractivity contribution in [1.82, 2.24) is 10.9 Å². The highest BCUT2D eigenvalue weighted by Gasteiger charge is 2.18. The third kappa shape index (κ3) is 2.91. The molecule has 116 valence electrons. The Hall–Kier alpha value is -3.15.